The average molecular weight is 563 g/mol. The summed E-state index contributed by atoms with van der Waals surface area (Å²) in [5.74, 6) is -0.439. The summed E-state index contributed by atoms with van der Waals surface area (Å²) < 4.78 is 27.8. The predicted octanol–water partition coefficient (Wildman–Crippen LogP) is 3.43. The molecule has 1 N–H and O–H groups in total. The Morgan fingerprint density at radius 2 is 1.91 bits per heavy atom. The first kappa shape index (κ1) is 24.5. The molecule has 2 heterocycles. The topological polar surface area (TPSA) is 99.7 Å². The summed E-state index contributed by atoms with van der Waals surface area (Å²) in [6.45, 7) is 1.83. The van der Waals surface area contributed by atoms with Crippen LogP contribution in [-0.2, 0) is 27.8 Å². The highest BCUT2D eigenvalue weighted by molar-refractivity contribution is 9.10. The summed E-state index contributed by atoms with van der Waals surface area (Å²) in [6.07, 6.45) is 0.639. The van der Waals surface area contributed by atoms with E-state index in [9.17, 15) is 18.0 Å². The fourth-order valence-corrected chi connectivity index (χ4v) is 6.15. The normalized spacial score (nSPS) is 15.8. The lowest BCUT2D eigenvalue weighted by molar-refractivity contribution is -0.119. The van der Waals surface area contributed by atoms with E-state index < -0.39 is 10.0 Å². The van der Waals surface area contributed by atoms with E-state index in [1.807, 2.05) is 24.3 Å². The predicted molar refractivity (Wildman–Crippen MR) is 134 cm³/mol. The third-order valence-corrected chi connectivity index (χ3v) is 8.63. The first-order valence-electron chi connectivity index (χ1n) is 10.5. The van der Waals surface area contributed by atoms with Crippen LogP contribution in [0.2, 0.25) is 0 Å². The first-order chi connectivity index (χ1) is 16.1. The Morgan fingerprint density at radius 1 is 1.21 bits per heavy atom. The highest BCUT2D eigenvalue weighted by atomic mass is 79.9. The van der Waals surface area contributed by atoms with Gasteiger partial charge in [0.15, 0.2) is 0 Å². The van der Waals surface area contributed by atoms with Gasteiger partial charge in [0.25, 0.3) is 5.91 Å². The smallest absolute Gasteiger partial charge is 0.277 e. The van der Waals surface area contributed by atoms with Gasteiger partial charge in [-0.15, -0.1) is 11.3 Å². The summed E-state index contributed by atoms with van der Waals surface area (Å²) in [5.41, 5.74) is 2.00. The van der Waals surface area contributed by atoms with E-state index in [-0.39, 0.29) is 35.0 Å². The molecule has 0 saturated carbocycles. The van der Waals surface area contributed by atoms with Crippen LogP contribution in [0.5, 0.6) is 0 Å². The van der Waals surface area contributed by atoms with Crippen molar-refractivity contribution in [2.45, 2.75) is 30.8 Å². The van der Waals surface area contributed by atoms with Crippen LogP contribution < -0.4 is 10.2 Å². The summed E-state index contributed by atoms with van der Waals surface area (Å²) in [5, 5.41) is 5.05. The second-order valence-electron chi connectivity index (χ2n) is 7.99. The molecular weight excluding hydrogens is 540 g/mol. The number of anilines is 1. The lowest BCUT2D eigenvalue weighted by Gasteiger charge is -2.34. The molecule has 4 rings (SSSR count). The van der Waals surface area contributed by atoms with Gasteiger partial charge in [-0.05, 0) is 42.3 Å². The Kier molecular flexibility index (Phi) is 7.17. The number of amides is 2. The zero-order valence-electron chi connectivity index (χ0n) is 18.6. The molecule has 0 fully saturated rings. The summed E-state index contributed by atoms with van der Waals surface area (Å²) in [7, 11) is -2.22. The number of carbonyl (C=O) groups excluding carboxylic acids is 2. The molecule has 34 heavy (non-hydrogen) atoms. The number of halogens is 1. The maximum absolute atomic E-state index is 13.4. The molecule has 1 aliphatic heterocycles. The van der Waals surface area contributed by atoms with Crippen molar-refractivity contribution in [3.63, 3.8) is 0 Å². The van der Waals surface area contributed by atoms with Crippen LogP contribution in [0.1, 0.15) is 28.0 Å². The number of fused-ring (bicyclic) bond motifs is 1. The van der Waals surface area contributed by atoms with Crippen molar-refractivity contribution < 1.29 is 18.0 Å². The number of aromatic nitrogens is 1. The number of para-hydroxylation sites is 1. The molecule has 0 radical (unpaired) electrons. The van der Waals surface area contributed by atoms with Crippen LogP contribution >= 0.6 is 27.3 Å². The van der Waals surface area contributed by atoms with Gasteiger partial charge in [-0.3, -0.25) is 9.59 Å². The number of hydrogen-bond donors (Lipinski definition) is 1. The number of hydrogen-bond acceptors (Lipinski definition) is 6. The van der Waals surface area contributed by atoms with E-state index in [4.69, 9.17) is 0 Å². The third-order valence-electron chi connectivity index (χ3n) is 5.45. The largest absolute Gasteiger partial charge is 0.351 e. The highest BCUT2D eigenvalue weighted by Crippen LogP contribution is 2.29. The summed E-state index contributed by atoms with van der Waals surface area (Å²) >= 11 is 4.54. The maximum Gasteiger partial charge on any atom is 0.277 e. The zero-order chi connectivity index (χ0) is 24.5. The van der Waals surface area contributed by atoms with Gasteiger partial charge in [0.1, 0.15) is 10.7 Å². The average Bonchev–Trinajstić information content (AvgIpc) is 3.26. The monoisotopic (exact) mass is 562 g/mol. The lowest BCUT2D eigenvalue weighted by atomic mass is 9.97. The number of benzene rings is 2. The van der Waals surface area contributed by atoms with Crippen molar-refractivity contribution in [1.82, 2.24) is 14.6 Å². The van der Waals surface area contributed by atoms with Crippen LogP contribution in [0.3, 0.4) is 0 Å². The van der Waals surface area contributed by atoms with E-state index >= 15 is 0 Å². The highest BCUT2D eigenvalue weighted by Gasteiger charge is 2.31. The van der Waals surface area contributed by atoms with Gasteiger partial charge >= 0.3 is 0 Å². The van der Waals surface area contributed by atoms with E-state index in [0.717, 1.165) is 15.7 Å². The van der Waals surface area contributed by atoms with Crippen molar-refractivity contribution in [3.8, 4) is 0 Å². The first-order valence-corrected chi connectivity index (χ1v) is 13.6. The van der Waals surface area contributed by atoms with E-state index in [0.29, 0.717) is 18.0 Å². The Balaban J connectivity index is 1.53. The van der Waals surface area contributed by atoms with Crippen molar-refractivity contribution in [2.75, 3.05) is 18.5 Å². The number of sulfonamides is 1. The van der Waals surface area contributed by atoms with Gasteiger partial charge in [0.2, 0.25) is 15.9 Å². The molecule has 0 saturated heterocycles. The summed E-state index contributed by atoms with van der Waals surface area (Å²) in [4.78, 5) is 31.2. The standard InChI is InChI=1S/C23H23BrN4O4S2/c1-15(29)25-18-11-16-5-3-4-6-21(16)28(12-18)23(30)20-14-33-22(26-20)13-27(2)34(31,32)19-9-7-17(24)8-10-19/h3-10,14,18H,11-13H2,1-2H3,(H,25,29). The SMILES string of the molecule is CC(=O)NC1Cc2ccccc2N(C(=O)c2csc(CN(C)S(=O)(=O)c3ccc(Br)cc3)n2)C1. The van der Waals surface area contributed by atoms with Gasteiger partial charge in [-0.2, -0.15) is 4.31 Å². The quantitative estimate of drug-likeness (QED) is 0.496. The Hall–Kier alpha value is -2.60. The molecule has 3 aromatic rings. The molecule has 1 unspecified atom stereocenters. The molecule has 1 atom stereocenters. The summed E-state index contributed by atoms with van der Waals surface area (Å²) in [6, 6.07) is 13.8. The molecule has 0 bridgehead atoms. The van der Waals surface area contributed by atoms with Crippen molar-refractivity contribution in [3.05, 3.63) is 74.6 Å². The Labute approximate surface area is 210 Å². The van der Waals surface area contributed by atoms with Gasteiger partial charge < -0.3 is 10.2 Å². The minimum absolute atomic E-state index is 0.0431. The van der Waals surface area contributed by atoms with E-state index in [2.05, 4.69) is 26.2 Å². The number of nitrogens with one attached hydrogen (secondary N) is 1. The molecule has 2 amide bonds. The fraction of sp³-hybridized carbons (Fsp3) is 0.261. The minimum Gasteiger partial charge on any atom is -0.351 e. The number of carbonyl (C=O) groups is 2. The maximum atomic E-state index is 13.4. The lowest BCUT2D eigenvalue weighted by Crippen LogP contribution is -2.49. The van der Waals surface area contributed by atoms with Crippen LogP contribution in [0.15, 0.2) is 63.3 Å². The van der Waals surface area contributed by atoms with Crippen molar-refractivity contribution in [1.29, 1.82) is 0 Å². The van der Waals surface area contributed by atoms with Crippen LogP contribution in [0.25, 0.3) is 0 Å². The number of nitrogens with zero attached hydrogens (tertiary/aromatic N) is 3. The molecule has 1 aromatic heterocycles. The Morgan fingerprint density at radius 3 is 2.62 bits per heavy atom. The van der Waals surface area contributed by atoms with Gasteiger partial charge in [0.05, 0.1) is 17.5 Å². The molecule has 2 aromatic carbocycles. The van der Waals surface area contributed by atoms with E-state index in [1.54, 1.807) is 22.4 Å². The van der Waals surface area contributed by atoms with Gasteiger partial charge in [0, 0.05) is 36.1 Å². The second kappa shape index (κ2) is 9.95. The molecular formula is C23H23BrN4O4S2. The number of rotatable bonds is 6. The minimum atomic E-state index is -3.70. The molecule has 11 heteroatoms. The van der Waals surface area contributed by atoms with Crippen molar-refractivity contribution >= 4 is 54.8 Å². The van der Waals surface area contributed by atoms with Gasteiger partial charge in [-0.25, -0.2) is 13.4 Å². The molecule has 178 valence electrons. The van der Waals surface area contributed by atoms with Crippen LogP contribution in [-0.4, -0.2) is 49.2 Å². The molecule has 0 aliphatic carbocycles. The Bertz CT molecular complexity index is 1320. The molecule has 8 nitrogen and oxygen atoms in total. The van der Waals surface area contributed by atoms with Gasteiger partial charge in [-0.1, -0.05) is 34.1 Å². The fourth-order valence-electron chi connectivity index (χ4n) is 3.85. The third kappa shape index (κ3) is 5.22. The molecule has 1 aliphatic rings. The number of thiazole rings is 1. The van der Waals surface area contributed by atoms with E-state index in [1.165, 1.54) is 41.7 Å². The second-order valence-corrected chi connectivity index (χ2v) is 11.9. The van der Waals surface area contributed by atoms with Crippen molar-refractivity contribution in [2.24, 2.45) is 0 Å². The van der Waals surface area contributed by atoms with Crippen LogP contribution in [0.4, 0.5) is 5.69 Å². The zero-order valence-corrected chi connectivity index (χ0v) is 21.8. The molecule has 0 spiro atoms. The van der Waals surface area contributed by atoms with Crippen LogP contribution in [0, 0.1) is 0 Å².